The van der Waals surface area contributed by atoms with Crippen molar-refractivity contribution in [2.45, 2.75) is 187 Å². The number of alkyl carbamates (subject to hydrolysis) is 3. The van der Waals surface area contributed by atoms with E-state index < -0.39 is 35.1 Å². The topological polar surface area (TPSA) is 402 Å². The van der Waals surface area contributed by atoms with Gasteiger partial charge in [-0.25, -0.2) is 29.3 Å². The largest absolute Gasteiger partial charge is 0.444 e. The van der Waals surface area contributed by atoms with Gasteiger partial charge in [-0.15, -0.1) is 13.2 Å². The quantitative estimate of drug-likeness (QED) is 0.0134. The molecular formula is C74H119N15O13. The summed E-state index contributed by atoms with van der Waals surface area (Å²) in [5.41, 5.74) is 25.0. The summed E-state index contributed by atoms with van der Waals surface area (Å²) >= 11 is 0. The summed E-state index contributed by atoms with van der Waals surface area (Å²) in [5, 5.41) is 36.1. The number of epoxide rings is 1. The summed E-state index contributed by atoms with van der Waals surface area (Å²) in [4.78, 5) is 65.9. The number of rotatable bonds is 22. The maximum Gasteiger partial charge on any atom is 0.407 e. The summed E-state index contributed by atoms with van der Waals surface area (Å²) in [7, 11) is 0. The first-order chi connectivity index (χ1) is 48.2. The van der Waals surface area contributed by atoms with E-state index in [9.17, 15) is 29.4 Å². The molecule has 4 saturated heterocycles. The van der Waals surface area contributed by atoms with Crippen LogP contribution in [0.15, 0.2) is 111 Å². The van der Waals surface area contributed by atoms with Crippen LogP contribution in [0.3, 0.4) is 0 Å². The number of fused-ring (bicyclic) bond motifs is 1. The molecule has 8 heterocycles. The third-order valence-corrected chi connectivity index (χ3v) is 15.4. The molecule has 0 aliphatic carbocycles. The number of nitrogens with zero attached hydrogens (tertiary/aromatic N) is 5. The van der Waals surface area contributed by atoms with Crippen molar-refractivity contribution in [3.8, 4) is 0 Å². The lowest BCUT2D eigenvalue weighted by Crippen LogP contribution is -2.48. The average molecular weight is 1430 g/mol. The lowest BCUT2D eigenvalue weighted by molar-refractivity contribution is -0.0719. The first kappa shape index (κ1) is 86.4. The molecule has 1 aromatic carbocycles. The summed E-state index contributed by atoms with van der Waals surface area (Å²) in [6.45, 7) is 38.4. The first-order valence-corrected chi connectivity index (χ1v) is 35.1. The zero-order valence-corrected chi connectivity index (χ0v) is 62.2. The highest BCUT2D eigenvalue weighted by Crippen LogP contribution is 2.28. The van der Waals surface area contributed by atoms with Gasteiger partial charge in [-0.2, -0.15) is 0 Å². The second kappa shape index (κ2) is 44.5. The molecule has 3 unspecified atom stereocenters. The number of aliphatic hydroxyl groups excluding tert-OH is 2. The first-order valence-electron chi connectivity index (χ1n) is 35.1. The Morgan fingerprint density at radius 3 is 1.42 bits per heavy atom. The van der Waals surface area contributed by atoms with E-state index in [1.165, 1.54) is 0 Å². The lowest BCUT2D eigenvalue weighted by atomic mass is 10.1. The predicted molar refractivity (Wildman–Crippen MR) is 399 cm³/mol. The highest BCUT2D eigenvalue weighted by molar-refractivity contribution is 5.98. The number of aliphatic hydroxyl groups is 2. The van der Waals surface area contributed by atoms with Crippen molar-refractivity contribution in [2.75, 3.05) is 109 Å². The molecule has 9 rings (SSSR count). The van der Waals surface area contributed by atoms with Gasteiger partial charge in [0.2, 0.25) is 0 Å². The third kappa shape index (κ3) is 36.7. The van der Waals surface area contributed by atoms with Crippen LogP contribution in [-0.2, 0) is 33.2 Å². The molecule has 28 heteroatoms. The van der Waals surface area contributed by atoms with Gasteiger partial charge in [-0.05, 0) is 152 Å². The van der Waals surface area contributed by atoms with Crippen molar-refractivity contribution >= 4 is 52.5 Å². The van der Waals surface area contributed by atoms with Crippen LogP contribution in [-0.4, -0.2) is 209 Å². The minimum absolute atomic E-state index is 0.0959. The molecule has 4 aliphatic rings. The number of β-amino-alcohol motifs (C(OH)–C–C–N with tert-alkyl or cyclic N) is 2. The molecule has 0 spiro atoms. The summed E-state index contributed by atoms with van der Waals surface area (Å²) < 4.78 is 37.8. The highest BCUT2D eigenvalue weighted by Gasteiger charge is 2.31. The average Bonchev–Trinajstić information content (AvgIpc) is 1.24. The van der Waals surface area contributed by atoms with E-state index in [0.717, 1.165) is 73.2 Å². The molecule has 4 fully saturated rings. The van der Waals surface area contributed by atoms with Crippen LogP contribution < -0.4 is 49.5 Å². The normalized spacial score (nSPS) is 20.2. The van der Waals surface area contributed by atoms with E-state index in [2.05, 4.69) is 90.2 Å². The van der Waals surface area contributed by atoms with Gasteiger partial charge in [0.15, 0.2) is 0 Å². The van der Waals surface area contributed by atoms with E-state index in [1.54, 1.807) is 48.9 Å². The maximum atomic E-state index is 12.4. The number of aromatic amines is 1. The molecule has 4 aliphatic heterocycles. The smallest absolute Gasteiger partial charge is 0.407 e. The molecule has 16 N–H and O–H groups in total. The number of ether oxygens (including phenoxy) is 7. The molecule has 28 nitrogen and oxygen atoms in total. The summed E-state index contributed by atoms with van der Waals surface area (Å²) in [6.07, 6.45) is 10.3. The molecule has 0 bridgehead atoms. The minimum Gasteiger partial charge on any atom is -0.444 e. The van der Waals surface area contributed by atoms with Gasteiger partial charge in [0, 0.05) is 123 Å². The van der Waals surface area contributed by atoms with Crippen molar-refractivity contribution in [1.29, 1.82) is 0 Å². The second-order valence-corrected chi connectivity index (χ2v) is 28.3. The number of carbonyl (C=O) groups is 4. The van der Waals surface area contributed by atoms with Crippen molar-refractivity contribution in [1.82, 2.24) is 56.3 Å². The zero-order chi connectivity index (χ0) is 75.4. The number of morpholine rings is 3. The number of amides is 4. The van der Waals surface area contributed by atoms with E-state index in [1.807, 2.05) is 111 Å². The minimum atomic E-state index is -0.550. The number of aromatic nitrogens is 4. The SMILES string of the molecule is C=CCCN.C=CCCNC(=O)OC(C)(C)C.CC(C)(C)OC(=O)NCCC1CO1.C[C@H]1CO[C@@H](c2ccc(N)nc2)CN1.C[C@H]1CO[C@@H](c2ccc(N)nc2)CN1CC(O)CCNC(=O)OC(C)(C)C.C[C@H]1CO[C@@H](c2ccc(N)nc2)CN1CC(O)CCNC(=O)c1cc2ccccc2[nH]1. The molecule has 0 saturated carbocycles. The number of hydrogen-bond acceptors (Lipinski definition) is 23. The molecule has 4 amide bonds. The van der Waals surface area contributed by atoms with Gasteiger partial charge in [0.05, 0.1) is 63.1 Å². The van der Waals surface area contributed by atoms with Gasteiger partial charge < -0.3 is 97.9 Å². The number of nitrogen functional groups attached to an aromatic ring is 3. The van der Waals surface area contributed by atoms with Gasteiger partial charge in [-0.3, -0.25) is 14.6 Å². The van der Waals surface area contributed by atoms with Gasteiger partial charge in [0.25, 0.3) is 5.91 Å². The van der Waals surface area contributed by atoms with E-state index in [-0.39, 0.29) is 48.5 Å². The number of benzene rings is 1. The Hall–Kier alpha value is -8.03. The Kier molecular flexibility index (Phi) is 37.7. The highest BCUT2D eigenvalue weighted by atomic mass is 16.6. The van der Waals surface area contributed by atoms with Crippen LogP contribution in [0.1, 0.15) is 161 Å². The van der Waals surface area contributed by atoms with Gasteiger partial charge in [-0.1, -0.05) is 48.6 Å². The third-order valence-electron chi connectivity index (χ3n) is 15.4. The van der Waals surface area contributed by atoms with Crippen molar-refractivity contribution < 1.29 is 62.5 Å². The number of pyridine rings is 3. The molecule has 102 heavy (non-hydrogen) atoms. The van der Waals surface area contributed by atoms with Crippen LogP contribution in [0.25, 0.3) is 10.9 Å². The Morgan fingerprint density at radius 2 is 1.03 bits per heavy atom. The van der Waals surface area contributed by atoms with Crippen LogP contribution >= 0.6 is 0 Å². The predicted octanol–water partition coefficient (Wildman–Crippen LogP) is 8.41. The van der Waals surface area contributed by atoms with E-state index in [0.29, 0.717) is 114 Å². The number of anilines is 3. The Labute approximate surface area is 603 Å². The maximum absolute atomic E-state index is 12.4. The Bertz CT molecular complexity index is 3190. The fraction of sp³-hybridized carbons (Fsp3) is 0.581. The van der Waals surface area contributed by atoms with Crippen molar-refractivity contribution in [2.24, 2.45) is 5.73 Å². The molecule has 0 radical (unpaired) electrons. The number of carbonyl (C=O) groups excluding carboxylic acids is 4. The molecule has 568 valence electrons. The molecule has 9 atom stereocenters. The van der Waals surface area contributed by atoms with E-state index >= 15 is 0 Å². The van der Waals surface area contributed by atoms with E-state index in [4.69, 9.17) is 56.1 Å². The Morgan fingerprint density at radius 1 is 0.598 bits per heavy atom. The monoisotopic (exact) mass is 1430 g/mol. The molecular weight excluding hydrogens is 1310 g/mol. The fourth-order valence-corrected chi connectivity index (χ4v) is 9.86. The summed E-state index contributed by atoms with van der Waals surface area (Å²) in [5.74, 6) is 1.34. The lowest BCUT2D eigenvalue weighted by Gasteiger charge is -2.39. The zero-order valence-electron chi connectivity index (χ0n) is 62.2. The number of H-pyrrole nitrogens is 1. The molecule has 4 aromatic heterocycles. The number of nitrogens with two attached hydrogens (primary N) is 4. The molecule has 5 aromatic rings. The van der Waals surface area contributed by atoms with Crippen LogP contribution in [0.2, 0.25) is 0 Å². The second-order valence-electron chi connectivity index (χ2n) is 28.3. The number of nitrogens with one attached hydrogen (secondary N) is 6. The van der Waals surface area contributed by atoms with Gasteiger partial charge in [0.1, 0.15) is 40.0 Å². The standard InChI is InChI=1S/C23H29N5O3.C19H32N4O4.C10H15N3O.C9H17NO3.C9H17NO2.C4H9N/c1-15-14-31-21(17-6-7-22(24)26-11-17)13-28(15)12-18(29)8-9-25-23(30)20-10-16-4-2-3-5-19(16)27-20;1-13-12-26-16(14-5-6-17(20)22-9-14)11-23(13)10-15(24)7-8-21-18(25)27-19(2,3)4;1-7-6-14-9(5-12-7)8-2-3-10(11)13-4-8;1-9(2,3)13-8(11)10-5-4-7-6-12-7;1-5-6-7-10-8(11)12-9(2,3)4;1-2-3-4-5/h2-7,10-11,15,18,21,27,29H,8-9,12-14H2,1H3,(H2,24,26)(H,25,30);5-6,9,13,15-16,24H,7-8,10-12H2,1-4H3,(H2,20,22)(H,21,25);2-4,7,9,12H,5-6H2,1H3,(H2,11,13);7H,4-6H2,1-3H3,(H,10,11);5H,1,6-7H2,2-4H3,(H,10,11);2H,1,3-5H2/t15-,18?,21+;13-,15?,16+;7-,9+;;;/m000.../s1. The van der Waals surface area contributed by atoms with Crippen molar-refractivity contribution in [3.63, 3.8) is 0 Å². The number of para-hydroxylation sites is 1. The van der Waals surface area contributed by atoms with Gasteiger partial charge >= 0.3 is 18.3 Å². The Balaban J connectivity index is 0.000000280. The van der Waals surface area contributed by atoms with Crippen LogP contribution in [0.5, 0.6) is 0 Å². The fourth-order valence-electron chi connectivity index (χ4n) is 9.86. The van der Waals surface area contributed by atoms with Crippen LogP contribution in [0, 0.1) is 0 Å². The van der Waals surface area contributed by atoms with Crippen molar-refractivity contribution in [3.05, 3.63) is 133 Å². The summed E-state index contributed by atoms with van der Waals surface area (Å²) in [6, 6.07) is 21.6. The van der Waals surface area contributed by atoms with Crippen LogP contribution in [0.4, 0.5) is 31.8 Å². The number of hydrogen-bond donors (Lipinski definition) is 12.